The van der Waals surface area contributed by atoms with Gasteiger partial charge in [-0.05, 0) is 38.4 Å². The summed E-state index contributed by atoms with van der Waals surface area (Å²) in [6.07, 6.45) is 2.27. The molecular weight excluding hydrogens is 387 g/mol. The summed E-state index contributed by atoms with van der Waals surface area (Å²) < 4.78 is 0. The molecule has 0 aliphatic heterocycles. The number of guanidine groups is 1. The van der Waals surface area contributed by atoms with E-state index < -0.39 is 0 Å². The van der Waals surface area contributed by atoms with Crippen LogP contribution in [0.1, 0.15) is 44.7 Å². The number of aliphatic imine (C=N–C) groups is 1. The van der Waals surface area contributed by atoms with E-state index in [4.69, 9.17) is 5.73 Å². The van der Waals surface area contributed by atoms with Gasteiger partial charge in [0.25, 0.3) is 0 Å². The quantitative estimate of drug-likeness (QED) is 0.295. The van der Waals surface area contributed by atoms with E-state index >= 15 is 0 Å². The smallest absolute Gasteiger partial charge is 0.188 e. The van der Waals surface area contributed by atoms with Crippen molar-refractivity contribution in [2.75, 3.05) is 13.6 Å². The van der Waals surface area contributed by atoms with Gasteiger partial charge in [0.05, 0.1) is 6.54 Å². The van der Waals surface area contributed by atoms with Crippen LogP contribution < -0.4 is 11.1 Å². The van der Waals surface area contributed by atoms with Gasteiger partial charge in [-0.3, -0.25) is 4.90 Å². The molecule has 0 amide bonds. The lowest BCUT2D eigenvalue weighted by molar-refractivity contribution is 0.265. The van der Waals surface area contributed by atoms with E-state index in [1.807, 2.05) is 0 Å². The minimum absolute atomic E-state index is 0. The maximum atomic E-state index is 5.89. The number of nitrogens with two attached hydrogens (primary N) is 1. The van der Waals surface area contributed by atoms with Crippen molar-refractivity contribution in [1.29, 1.82) is 0 Å². The van der Waals surface area contributed by atoms with Gasteiger partial charge in [-0.2, -0.15) is 0 Å². The number of halogens is 1. The fourth-order valence-electron chi connectivity index (χ4n) is 1.94. The van der Waals surface area contributed by atoms with E-state index in [0.717, 1.165) is 25.9 Å². The number of hydrogen-bond acceptors (Lipinski definition) is 2. The van der Waals surface area contributed by atoms with E-state index in [-0.39, 0.29) is 24.0 Å². The van der Waals surface area contributed by atoms with Gasteiger partial charge in [0, 0.05) is 19.1 Å². The zero-order chi connectivity index (χ0) is 15.7. The predicted octanol–water partition coefficient (Wildman–Crippen LogP) is 3.35. The normalized spacial score (nSPS) is 11.6. The molecule has 4 nitrogen and oxygen atoms in total. The number of nitrogens with zero attached hydrogens (tertiary/aromatic N) is 2. The first-order chi connectivity index (χ1) is 10.0. The van der Waals surface area contributed by atoms with Crippen LogP contribution in [0.3, 0.4) is 0 Å². The zero-order valence-electron chi connectivity index (χ0n) is 14.3. The Hall–Kier alpha value is -0.820. The molecule has 5 heteroatoms. The Morgan fingerprint density at radius 1 is 1.27 bits per heavy atom. The highest BCUT2D eigenvalue weighted by Crippen LogP contribution is 2.13. The third-order valence-corrected chi connectivity index (χ3v) is 3.68. The van der Waals surface area contributed by atoms with Crippen LogP contribution in [0.15, 0.2) is 29.3 Å². The van der Waals surface area contributed by atoms with Crippen molar-refractivity contribution in [2.45, 2.75) is 52.7 Å². The second-order valence-corrected chi connectivity index (χ2v) is 5.76. The molecule has 0 radical (unpaired) electrons. The van der Waals surface area contributed by atoms with E-state index in [1.165, 1.54) is 11.1 Å². The highest BCUT2D eigenvalue weighted by atomic mass is 127. The molecule has 0 aliphatic rings. The zero-order valence-corrected chi connectivity index (χ0v) is 16.6. The average molecular weight is 418 g/mol. The molecule has 0 atom stereocenters. The monoisotopic (exact) mass is 418 g/mol. The largest absolute Gasteiger partial charge is 0.370 e. The summed E-state index contributed by atoms with van der Waals surface area (Å²) in [5, 5.41) is 3.15. The maximum absolute atomic E-state index is 5.89. The van der Waals surface area contributed by atoms with Crippen LogP contribution in [-0.2, 0) is 13.1 Å². The van der Waals surface area contributed by atoms with Crippen molar-refractivity contribution >= 4 is 29.9 Å². The number of nitrogens with one attached hydrogen (secondary N) is 1. The molecule has 1 aromatic carbocycles. The highest BCUT2D eigenvalue weighted by molar-refractivity contribution is 14.0. The highest BCUT2D eigenvalue weighted by Gasteiger charge is 2.07. The number of hydrogen-bond donors (Lipinski definition) is 2. The molecular formula is C17H31IN4. The second-order valence-electron chi connectivity index (χ2n) is 5.76. The molecule has 0 fully saturated rings. The number of benzene rings is 1. The molecule has 126 valence electrons. The van der Waals surface area contributed by atoms with Crippen LogP contribution in [0, 0.1) is 0 Å². The minimum atomic E-state index is 0. The van der Waals surface area contributed by atoms with Gasteiger partial charge in [-0.25, -0.2) is 4.99 Å². The minimum Gasteiger partial charge on any atom is -0.370 e. The van der Waals surface area contributed by atoms with Crippen molar-refractivity contribution in [3.05, 3.63) is 35.4 Å². The van der Waals surface area contributed by atoms with Crippen molar-refractivity contribution in [3.8, 4) is 0 Å². The van der Waals surface area contributed by atoms with Gasteiger partial charge in [-0.1, -0.05) is 37.6 Å². The molecule has 1 aromatic rings. The summed E-state index contributed by atoms with van der Waals surface area (Å²) in [7, 11) is 2.14. The van der Waals surface area contributed by atoms with E-state index in [0.29, 0.717) is 18.5 Å². The summed E-state index contributed by atoms with van der Waals surface area (Å²) in [4.78, 5) is 6.77. The molecule has 0 saturated heterocycles. The van der Waals surface area contributed by atoms with E-state index in [2.05, 4.69) is 67.3 Å². The van der Waals surface area contributed by atoms with Crippen LogP contribution in [0.2, 0.25) is 0 Å². The first-order valence-electron chi connectivity index (χ1n) is 7.85. The summed E-state index contributed by atoms with van der Waals surface area (Å²) >= 11 is 0. The van der Waals surface area contributed by atoms with Crippen molar-refractivity contribution in [1.82, 2.24) is 10.2 Å². The van der Waals surface area contributed by atoms with Crippen LogP contribution in [0.4, 0.5) is 0 Å². The summed E-state index contributed by atoms with van der Waals surface area (Å²) in [6, 6.07) is 8.98. The Morgan fingerprint density at radius 2 is 1.91 bits per heavy atom. The molecule has 0 aromatic heterocycles. The Labute approximate surface area is 152 Å². The predicted molar refractivity (Wildman–Crippen MR) is 107 cm³/mol. The second kappa shape index (κ2) is 11.7. The molecule has 0 heterocycles. The molecule has 0 saturated carbocycles. The van der Waals surface area contributed by atoms with Gasteiger partial charge in [0.1, 0.15) is 0 Å². The van der Waals surface area contributed by atoms with Crippen molar-refractivity contribution in [2.24, 2.45) is 10.7 Å². The van der Waals surface area contributed by atoms with Crippen LogP contribution >= 0.6 is 24.0 Å². The third-order valence-electron chi connectivity index (χ3n) is 3.68. The molecule has 22 heavy (non-hydrogen) atoms. The molecule has 3 N–H and O–H groups in total. The topological polar surface area (TPSA) is 53.6 Å². The molecule has 0 spiro atoms. The summed E-state index contributed by atoms with van der Waals surface area (Å²) in [6.45, 7) is 9.03. The lowest BCUT2D eigenvalue weighted by Gasteiger charge is -2.22. The SMILES string of the molecule is CCCCNC(N)=NCc1ccccc1CN(C)C(C)C.I. The first-order valence-corrected chi connectivity index (χ1v) is 7.85. The number of unbranched alkanes of at least 4 members (excludes halogenated alkanes) is 1. The Balaban J connectivity index is 0.00000441. The van der Waals surface area contributed by atoms with Crippen molar-refractivity contribution in [3.63, 3.8) is 0 Å². The third kappa shape index (κ3) is 7.98. The number of rotatable bonds is 8. The first kappa shape index (κ1) is 21.2. The van der Waals surface area contributed by atoms with Gasteiger partial charge in [-0.15, -0.1) is 24.0 Å². The summed E-state index contributed by atoms with van der Waals surface area (Å²) in [5.41, 5.74) is 8.45. The van der Waals surface area contributed by atoms with E-state index in [9.17, 15) is 0 Å². The van der Waals surface area contributed by atoms with Crippen LogP contribution in [-0.4, -0.2) is 30.5 Å². The standard InChI is InChI=1S/C17H30N4.HI/c1-5-6-11-19-17(18)20-12-15-9-7-8-10-16(15)13-21(4)14(2)3;/h7-10,14H,5-6,11-13H2,1-4H3,(H3,18,19,20);1H. The fraction of sp³-hybridized carbons (Fsp3) is 0.588. The lowest BCUT2D eigenvalue weighted by Crippen LogP contribution is -2.32. The van der Waals surface area contributed by atoms with Crippen LogP contribution in [0.5, 0.6) is 0 Å². The Kier molecular flexibility index (Phi) is 11.3. The molecule has 1 rings (SSSR count). The van der Waals surface area contributed by atoms with Gasteiger partial charge in [0.2, 0.25) is 0 Å². The van der Waals surface area contributed by atoms with E-state index in [1.54, 1.807) is 0 Å². The van der Waals surface area contributed by atoms with Gasteiger partial charge < -0.3 is 11.1 Å². The van der Waals surface area contributed by atoms with Gasteiger partial charge >= 0.3 is 0 Å². The molecule has 0 bridgehead atoms. The maximum Gasteiger partial charge on any atom is 0.188 e. The Morgan fingerprint density at radius 3 is 2.50 bits per heavy atom. The van der Waals surface area contributed by atoms with Crippen molar-refractivity contribution < 1.29 is 0 Å². The summed E-state index contributed by atoms with van der Waals surface area (Å²) in [5.74, 6) is 0.537. The fourth-order valence-corrected chi connectivity index (χ4v) is 1.94. The van der Waals surface area contributed by atoms with Gasteiger partial charge in [0.15, 0.2) is 5.96 Å². The average Bonchev–Trinajstić information content (AvgIpc) is 2.46. The Bertz CT molecular complexity index is 446. The lowest BCUT2D eigenvalue weighted by atomic mass is 10.1. The molecule has 0 unspecified atom stereocenters. The molecule has 0 aliphatic carbocycles. The van der Waals surface area contributed by atoms with Crippen LogP contribution in [0.25, 0.3) is 0 Å².